The van der Waals surface area contributed by atoms with Gasteiger partial charge in [0, 0.05) is 17.6 Å². The molecule has 4 nitrogen and oxygen atoms in total. The number of rotatable bonds is 5. The zero-order valence-corrected chi connectivity index (χ0v) is 15.1. The van der Waals surface area contributed by atoms with Gasteiger partial charge in [-0.05, 0) is 50.0 Å². The zero-order valence-electron chi connectivity index (χ0n) is 12.0. The zero-order chi connectivity index (χ0) is 15.5. The molecule has 21 heavy (non-hydrogen) atoms. The van der Waals surface area contributed by atoms with E-state index in [1.807, 2.05) is 6.92 Å². The lowest BCUT2D eigenvalue weighted by molar-refractivity contribution is 0.298. The van der Waals surface area contributed by atoms with Gasteiger partial charge >= 0.3 is 0 Å². The van der Waals surface area contributed by atoms with Crippen molar-refractivity contribution in [1.82, 2.24) is 9.62 Å². The second-order valence-corrected chi connectivity index (χ2v) is 8.47. The molecule has 1 aliphatic rings. The lowest BCUT2D eigenvalue weighted by Gasteiger charge is -2.29. The second kappa shape index (κ2) is 7.42. The minimum Gasteiger partial charge on any atom is -0.316 e. The number of halogens is 2. The van der Waals surface area contributed by atoms with Gasteiger partial charge in [-0.3, -0.25) is 0 Å². The van der Waals surface area contributed by atoms with Crippen LogP contribution in [0.3, 0.4) is 0 Å². The van der Waals surface area contributed by atoms with Crippen molar-refractivity contribution >= 4 is 37.6 Å². The van der Waals surface area contributed by atoms with E-state index in [-0.39, 0.29) is 9.92 Å². The molecule has 1 N–H and O–H groups in total. The van der Waals surface area contributed by atoms with Crippen molar-refractivity contribution in [3.8, 4) is 0 Å². The molecule has 1 unspecified atom stereocenters. The fraction of sp³-hybridized carbons (Fsp3) is 0.571. The molecule has 0 bridgehead atoms. The van der Waals surface area contributed by atoms with Crippen molar-refractivity contribution in [2.24, 2.45) is 5.92 Å². The number of piperidine rings is 1. The molecule has 1 heterocycles. The van der Waals surface area contributed by atoms with E-state index >= 15 is 0 Å². The van der Waals surface area contributed by atoms with E-state index in [4.69, 9.17) is 11.6 Å². The fourth-order valence-corrected chi connectivity index (χ4v) is 5.12. The Hall–Kier alpha value is -0.140. The summed E-state index contributed by atoms with van der Waals surface area (Å²) >= 11 is 9.41. The highest BCUT2D eigenvalue weighted by atomic mass is 79.9. The first-order valence-electron chi connectivity index (χ1n) is 7.11. The highest BCUT2D eigenvalue weighted by Gasteiger charge is 2.28. The van der Waals surface area contributed by atoms with Crippen LogP contribution in [-0.4, -0.2) is 38.9 Å². The Morgan fingerprint density at radius 3 is 2.81 bits per heavy atom. The van der Waals surface area contributed by atoms with Gasteiger partial charge in [0.2, 0.25) is 10.0 Å². The molecule has 0 amide bonds. The third-order valence-electron chi connectivity index (χ3n) is 3.73. The predicted molar refractivity (Wildman–Crippen MR) is 89.2 cm³/mol. The van der Waals surface area contributed by atoms with Gasteiger partial charge in [0.1, 0.15) is 4.90 Å². The summed E-state index contributed by atoms with van der Waals surface area (Å²) in [6, 6.07) is 4.88. The van der Waals surface area contributed by atoms with Crippen LogP contribution in [0.15, 0.2) is 27.6 Å². The number of nitrogens with one attached hydrogen (secondary N) is 1. The molecular weight excluding hydrogens is 376 g/mol. The summed E-state index contributed by atoms with van der Waals surface area (Å²) in [5, 5.41) is 3.57. The maximum atomic E-state index is 12.8. The lowest BCUT2D eigenvalue weighted by Crippen LogP contribution is -2.41. The van der Waals surface area contributed by atoms with Crippen LogP contribution in [0.25, 0.3) is 0 Å². The van der Waals surface area contributed by atoms with Crippen LogP contribution in [0.2, 0.25) is 5.02 Å². The molecule has 1 fully saturated rings. The first-order valence-corrected chi connectivity index (χ1v) is 9.72. The molecule has 1 aromatic carbocycles. The van der Waals surface area contributed by atoms with Crippen LogP contribution < -0.4 is 5.32 Å². The monoisotopic (exact) mass is 394 g/mol. The fourth-order valence-electron chi connectivity index (χ4n) is 2.59. The molecule has 1 aliphatic heterocycles. The van der Waals surface area contributed by atoms with E-state index in [1.54, 1.807) is 18.2 Å². The Bertz CT molecular complexity index is 589. The number of benzene rings is 1. The SMILES string of the molecule is CCN(CC1CCCNC1)S(=O)(=O)c1ccc(Br)cc1Cl. The van der Waals surface area contributed by atoms with E-state index < -0.39 is 10.0 Å². The summed E-state index contributed by atoms with van der Waals surface area (Å²) in [4.78, 5) is 0.179. The van der Waals surface area contributed by atoms with E-state index in [0.29, 0.717) is 19.0 Å². The highest BCUT2D eigenvalue weighted by Crippen LogP contribution is 2.28. The van der Waals surface area contributed by atoms with E-state index in [0.717, 1.165) is 30.4 Å². The lowest BCUT2D eigenvalue weighted by atomic mass is 10.00. The highest BCUT2D eigenvalue weighted by molar-refractivity contribution is 9.10. The Balaban J connectivity index is 2.22. The maximum Gasteiger partial charge on any atom is 0.244 e. The van der Waals surface area contributed by atoms with Crippen molar-refractivity contribution in [3.63, 3.8) is 0 Å². The predicted octanol–water partition coefficient (Wildman–Crippen LogP) is 3.11. The number of hydrogen-bond donors (Lipinski definition) is 1. The van der Waals surface area contributed by atoms with Gasteiger partial charge in [0.25, 0.3) is 0 Å². The van der Waals surface area contributed by atoms with E-state index in [2.05, 4.69) is 21.2 Å². The summed E-state index contributed by atoms with van der Waals surface area (Å²) in [6.07, 6.45) is 2.16. The molecule has 118 valence electrons. The van der Waals surface area contributed by atoms with Gasteiger partial charge < -0.3 is 5.32 Å². The summed E-state index contributed by atoms with van der Waals surface area (Å²) in [6.45, 7) is 4.75. The van der Waals surface area contributed by atoms with Crippen molar-refractivity contribution in [2.45, 2.75) is 24.7 Å². The third kappa shape index (κ3) is 4.20. The van der Waals surface area contributed by atoms with Crippen LogP contribution in [0.4, 0.5) is 0 Å². The topological polar surface area (TPSA) is 49.4 Å². The average Bonchev–Trinajstić information content (AvgIpc) is 2.45. The van der Waals surface area contributed by atoms with Crippen LogP contribution in [0.5, 0.6) is 0 Å². The molecule has 0 radical (unpaired) electrons. The minimum atomic E-state index is -3.55. The third-order valence-corrected chi connectivity index (χ3v) is 6.64. The molecule has 2 rings (SSSR count). The van der Waals surface area contributed by atoms with Gasteiger partial charge in [-0.25, -0.2) is 8.42 Å². The van der Waals surface area contributed by atoms with Crippen molar-refractivity contribution < 1.29 is 8.42 Å². The van der Waals surface area contributed by atoms with Crippen molar-refractivity contribution in [1.29, 1.82) is 0 Å². The standard InChI is InChI=1S/C14H20BrClN2O2S/c1-2-18(10-11-4-3-7-17-9-11)21(19,20)14-6-5-12(15)8-13(14)16/h5-6,8,11,17H,2-4,7,9-10H2,1H3. The normalized spacial score (nSPS) is 19.9. The molecule has 0 saturated carbocycles. The summed E-state index contributed by atoms with van der Waals surface area (Å²) < 4.78 is 27.8. The number of sulfonamides is 1. The van der Waals surface area contributed by atoms with Crippen molar-refractivity contribution in [3.05, 3.63) is 27.7 Å². The molecule has 1 saturated heterocycles. The second-order valence-electron chi connectivity index (χ2n) is 5.24. The Morgan fingerprint density at radius 2 is 2.24 bits per heavy atom. The van der Waals surface area contributed by atoms with Crippen LogP contribution in [-0.2, 0) is 10.0 Å². The average molecular weight is 396 g/mol. The Labute approximate surface area is 140 Å². The molecular formula is C14H20BrClN2O2S. The van der Waals surface area contributed by atoms with Crippen molar-refractivity contribution in [2.75, 3.05) is 26.2 Å². The van der Waals surface area contributed by atoms with Crippen LogP contribution in [0.1, 0.15) is 19.8 Å². The molecule has 0 aliphatic carbocycles. The smallest absolute Gasteiger partial charge is 0.244 e. The largest absolute Gasteiger partial charge is 0.316 e. The Kier molecular flexibility index (Phi) is 6.08. The molecule has 7 heteroatoms. The maximum absolute atomic E-state index is 12.8. The molecule has 1 atom stereocenters. The minimum absolute atomic E-state index is 0.179. The summed E-state index contributed by atoms with van der Waals surface area (Å²) in [5.41, 5.74) is 0. The Morgan fingerprint density at radius 1 is 1.48 bits per heavy atom. The molecule has 1 aromatic rings. The van der Waals surface area contributed by atoms with Crippen LogP contribution in [0, 0.1) is 5.92 Å². The van der Waals surface area contributed by atoms with Gasteiger partial charge in [-0.1, -0.05) is 34.5 Å². The van der Waals surface area contributed by atoms with Crippen LogP contribution >= 0.6 is 27.5 Å². The number of nitrogens with zero attached hydrogens (tertiary/aromatic N) is 1. The van der Waals surface area contributed by atoms with E-state index in [1.165, 1.54) is 4.31 Å². The van der Waals surface area contributed by atoms with Gasteiger partial charge in [0.05, 0.1) is 5.02 Å². The quantitative estimate of drug-likeness (QED) is 0.833. The van der Waals surface area contributed by atoms with Gasteiger partial charge in [-0.2, -0.15) is 4.31 Å². The molecule has 0 aromatic heterocycles. The van der Waals surface area contributed by atoms with Gasteiger partial charge in [0.15, 0.2) is 0 Å². The summed E-state index contributed by atoms with van der Waals surface area (Å²) in [5.74, 6) is 0.364. The molecule has 0 spiro atoms. The first kappa shape index (κ1) is 17.2. The van der Waals surface area contributed by atoms with E-state index in [9.17, 15) is 8.42 Å². The van der Waals surface area contributed by atoms with Gasteiger partial charge in [-0.15, -0.1) is 0 Å². The number of hydrogen-bond acceptors (Lipinski definition) is 3. The first-order chi connectivity index (χ1) is 9.95. The summed E-state index contributed by atoms with van der Waals surface area (Å²) in [7, 11) is -3.55.